The first kappa shape index (κ1) is 14.3. The zero-order valence-corrected chi connectivity index (χ0v) is 11.8. The molecule has 1 aliphatic heterocycles. The summed E-state index contributed by atoms with van der Waals surface area (Å²) in [5.74, 6) is 0. The van der Waals surface area contributed by atoms with E-state index in [9.17, 15) is 0 Å². The van der Waals surface area contributed by atoms with Crippen molar-refractivity contribution in [3.05, 3.63) is 29.8 Å². The number of piperazine rings is 1. The van der Waals surface area contributed by atoms with Crippen LogP contribution in [0.1, 0.15) is 5.56 Å². The summed E-state index contributed by atoms with van der Waals surface area (Å²) in [4.78, 5) is 4.92. The third-order valence-corrected chi connectivity index (χ3v) is 3.55. The summed E-state index contributed by atoms with van der Waals surface area (Å²) in [5, 5.41) is 0. The smallest absolute Gasteiger partial charge is 0.0594 e. The van der Waals surface area contributed by atoms with Gasteiger partial charge in [0.25, 0.3) is 0 Å². The van der Waals surface area contributed by atoms with Crippen LogP contribution in [0.2, 0.25) is 0 Å². The minimum atomic E-state index is 0.612. The maximum atomic E-state index is 5.43. The number of benzene rings is 1. The van der Waals surface area contributed by atoms with Gasteiger partial charge in [0, 0.05) is 45.0 Å². The fourth-order valence-electron chi connectivity index (χ4n) is 2.43. The molecular weight excluding hydrogens is 238 g/mol. The van der Waals surface area contributed by atoms with Crippen LogP contribution >= 0.6 is 0 Å². The molecule has 2 rings (SSSR count). The Kier molecular flexibility index (Phi) is 5.63. The molecule has 1 aromatic rings. The fourth-order valence-corrected chi connectivity index (χ4v) is 2.43. The minimum Gasteiger partial charge on any atom is -0.379 e. The van der Waals surface area contributed by atoms with Crippen molar-refractivity contribution >= 4 is 5.69 Å². The number of rotatable bonds is 6. The molecule has 1 fully saturated rings. The van der Waals surface area contributed by atoms with E-state index in [4.69, 9.17) is 10.5 Å². The number of hydrogen-bond donors (Lipinski definition) is 1. The van der Waals surface area contributed by atoms with Crippen LogP contribution in [0.15, 0.2) is 24.3 Å². The summed E-state index contributed by atoms with van der Waals surface area (Å²) in [6.07, 6.45) is 0. The van der Waals surface area contributed by atoms with E-state index < -0.39 is 0 Å². The third kappa shape index (κ3) is 4.49. The van der Waals surface area contributed by atoms with E-state index in [1.165, 1.54) is 11.3 Å². The molecule has 2 N–H and O–H groups in total. The molecule has 1 aliphatic rings. The molecule has 0 saturated carbocycles. The van der Waals surface area contributed by atoms with Crippen LogP contribution in [0, 0.1) is 6.92 Å². The van der Waals surface area contributed by atoms with Crippen molar-refractivity contribution in [1.82, 2.24) is 4.90 Å². The Labute approximate surface area is 116 Å². The first-order chi connectivity index (χ1) is 9.29. The van der Waals surface area contributed by atoms with Crippen LogP contribution in [-0.2, 0) is 4.74 Å². The summed E-state index contributed by atoms with van der Waals surface area (Å²) in [6, 6.07) is 8.75. The van der Waals surface area contributed by atoms with Crippen LogP contribution in [0.5, 0.6) is 0 Å². The Morgan fingerprint density at radius 3 is 2.63 bits per heavy atom. The molecule has 0 aliphatic carbocycles. The second kappa shape index (κ2) is 7.48. The van der Waals surface area contributed by atoms with E-state index in [1.54, 1.807) is 0 Å². The van der Waals surface area contributed by atoms with Crippen molar-refractivity contribution in [1.29, 1.82) is 0 Å². The number of aryl methyl sites for hydroxylation is 1. The lowest BCUT2D eigenvalue weighted by atomic mass is 10.2. The Bertz CT molecular complexity index is 375. The average Bonchev–Trinajstić information content (AvgIpc) is 2.44. The zero-order chi connectivity index (χ0) is 13.5. The normalized spacial score (nSPS) is 16.8. The van der Waals surface area contributed by atoms with E-state index in [1.807, 2.05) is 0 Å². The van der Waals surface area contributed by atoms with Crippen molar-refractivity contribution in [2.75, 3.05) is 57.4 Å². The van der Waals surface area contributed by atoms with Crippen molar-refractivity contribution in [2.45, 2.75) is 6.92 Å². The van der Waals surface area contributed by atoms with Gasteiger partial charge in [0.05, 0.1) is 13.2 Å². The molecule has 0 bridgehead atoms. The first-order valence-corrected chi connectivity index (χ1v) is 7.11. The van der Waals surface area contributed by atoms with E-state index in [2.05, 4.69) is 41.0 Å². The highest BCUT2D eigenvalue weighted by atomic mass is 16.5. The number of hydrogen-bond acceptors (Lipinski definition) is 4. The van der Waals surface area contributed by atoms with Crippen LogP contribution in [0.4, 0.5) is 5.69 Å². The van der Waals surface area contributed by atoms with Crippen molar-refractivity contribution < 1.29 is 4.74 Å². The predicted octanol–water partition coefficient (Wildman–Crippen LogP) is 1.09. The van der Waals surface area contributed by atoms with Gasteiger partial charge in [-0.25, -0.2) is 0 Å². The highest BCUT2D eigenvalue weighted by Crippen LogP contribution is 2.17. The Morgan fingerprint density at radius 1 is 1.16 bits per heavy atom. The molecule has 106 valence electrons. The summed E-state index contributed by atoms with van der Waals surface area (Å²) in [5.41, 5.74) is 8.07. The lowest BCUT2D eigenvalue weighted by Crippen LogP contribution is -2.47. The monoisotopic (exact) mass is 263 g/mol. The molecule has 1 heterocycles. The van der Waals surface area contributed by atoms with Gasteiger partial charge < -0.3 is 15.4 Å². The largest absolute Gasteiger partial charge is 0.379 e. The van der Waals surface area contributed by atoms with Gasteiger partial charge >= 0.3 is 0 Å². The maximum Gasteiger partial charge on any atom is 0.0594 e. The number of nitrogens with zero attached hydrogens (tertiary/aromatic N) is 2. The first-order valence-electron chi connectivity index (χ1n) is 7.11. The molecule has 0 amide bonds. The molecule has 0 radical (unpaired) electrons. The summed E-state index contributed by atoms with van der Waals surface area (Å²) < 4.78 is 5.43. The lowest BCUT2D eigenvalue weighted by molar-refractivity contribution is 0.107. The van der Waals surface area contributed by atoms with Crippen molar-refractivity contribution in [3.63, 3.8) is 0 Å². The van der Waals surface area contributed by atoms with E-state index in [0.29, 0.717) is 13.2 Å². The number of anilines is 1. The highest BCUT2D eigenvalue weighted by molar-refractivity contribution is 5.48. The third-order valence-electron chi connectivity index (χ3n) is 3.55. The minimum absolute atomic E-state index is 0.612. The summed E-state index contributed by atoms with van der Waals surface area (Å²) in [7, 11) is 0. The summed E-state index contributed by atoms with van der Waals surface area (Å²) >= 11 is 0. The van der Waals surface area contributed by atoms with Crippen LogP contribution in [0.25, 0.3) is 0 Å². The van der Waals surface area contributed by atoms with Crippen LogP contribution in [0.3, 0.4) is 0 Å². The Balaban J connectivity index is 1.73. The van der Waals surface area contributed by atoms with Crippen LogP contribution < -0.4 is 10.6 Å². The van der Waals surface area contributed by atoms with E-state index >= 15 is 0 Å². The van der Waals surface area contributed by atoms with Gasteiger partial charge in [-0.15, -0.1) is 0 Å². The van der Waals surface area contributed by atoms with E-state index in [-0.39, 0.29) is 0 Å². The van der Waals surface area contributed by atoms with Crippen molar-refractivity contribution in [2.24, 2.45) is 5.73 Å². The van der Waals surface area contributed by atoms with Gasteiger partial charge in [0.15, 0.2) is 0 Å². The van der Waals surface area contributed by atoms with Crippen molar-refractivity contribution in [3.8, 4) is 0 Å². The standard InChI is InChI=1S/C15H25N3O/c1-14-3-2-4-15(13-14)18-8-6-17(7-9-18)10-12-19-11-5-16/h2-4,13H,5-12,16H2,1H3. The molecule has 4 heteroatoms. The molecular formula is C15H25N3O. The quantitative estimate of drug-likeness (QED) is 0.780. The Hall–Kier alpha value is -1.10. The molecule has 0 aromatic heterocycles. The van der Waals surface area contributed by atoms with Gasteiger partial charge in [-0.1, -0.05) is 12.1 Å². The summed E-state index contributed by atoms with van der Waals surface area (Å²) in [6.45, 7) is 9.66. The lowest BCUT2D eigenvalue weighted by Gasteiger charge is -2.36. The number of nitrogens with two attached hydrogens (primary N) is 1. The van der Waals surface area contributed by atoms with E-state index in [0.717, 1.165) is 39.3 Å². The SMILES string of the molecule is Cc1cccc(N2CCN(CCOCCN)CC2)c1. The average molecular weight is 263 g/mol. The van der Waals surface area contributed by atoms with Gasteiger partial charge in [-0.3, -0.25) is 4.90 Å². The topological polar surface area (TPSA) is 41.7 Å². The second-order valence-corrected chi connectivity index (χ2v) is 5.07. The second-order valence-electron chi connectivity index (χ2n) is 5.07. The molecule has 19 heavy (non-hydrogen) atoms. The maximum absolute atomic E-state index is 5.43. The Morgan fingerprint density at radius 2 is 1.95 bits per heavy atom. The molecule has 0 spiro atoms. The molecule has 0 atom stereocenters. The fraction of sp³-hybridized carbons (Fsp3) is 0.600. The molecule has 0 unspecified atom stereocenters. The predicted molar refractivity (Wildman–Crippen MR) is 79.7 cm³/mol. The van der Waals surface area contributed by atoms with Gasteiger partial charge in [0.2, 0.25) is 0 Å². The zero-order valence-electron chi connectivity index (χ0n) is 11.8. The number of ether oxygens (including phenoxy) is 1. The van der Waals surface area contributed by atoms with Gasteiger partial charge in [-0.05, 0) is 24.6 Å². The van der Waals surface area contributed by atoms with Crippen LogP contribution in [-0.4, -0.2) is 57.4 Å². The molecule has 1 aromatic carbocycles. The van der Waals surface area contributed by atoms with Gasteiger partial charge in [0.1, 0.15) is 0 Å². The molecule has 1 saturated heterocycles. The highest BCUT2D eigenvalue weighted by Gasteiger charge is 2.16. The molecule has 4 nitrogen and oxygen atoms in total. The van der Waals surface area contributed by atoms with Gasteiger partial charge in [-0.2, -0.15) is 0 Å².